The maximum Gasteiger partial charge on any atom is 0.225 e. The number of nitrogens with one attached hydrogen (secondary N) is 2. The van der Waals surface area contributed by atoms with E-state index in [2.05, 4.69) is 10.6 Å². The van der Waals surface area contributed by atoms with Gasteiger partial charge in [0, 0.05) is 42.8 Å². The van der Waals surface area contributed by atoms with Gasteiger partial charge in [0.25, 0.3) is 0 Å². The van der Waals surface area contributed by atoms with Gasteiger partial charge in [0.05, 0.1) is 18.0 Å². The fraction of sp³-hybridized carbons (Fsp3) is 0.581. The van der Waals surface area contributed by atoms with Crippen LogP contribution in [0.25, 0.3) is 0 Å². The normalized spacial score (nSPS) is 29.8. The van der Waals surface area contributed by atoms with Gasteiger partial charge in [0.15, 0.2) is 11.6 Å². The van der Waals surface area contributed by atoms with Crippen LogP contribution in [0.1, 0.15) is 69.4 Å². The molecule has 42 heavy (non-hydrogen) atoms. The number of carbonyl (C=O) groups is 1. The molecule has 3 heterocycles. The fourth-order valence-electron chi connectivity index (χ4n) is 6.96. The van der Waals surface area contributed by atoms with Gasteiger partial charge in [-0.2, -0.15) is 4.31 Å². The molecular formula is C31H40F3N3O4S. The maximum atomic E-state index is 15.2. The number of nitrogens with zero attached hydrogens (tertiary/aromatic N) is 1. The first-order valence-corrected chi connectivity index (χ1v) is 16.5. The van der Waals surface area contributed by atoms with Crippen LogP contribution in [0.4, 0.5) is 18.9 Å². The summed E-state index contributed by atoms with van der Waals surface area (Å²) in [5.74, 6) is -2.82. The molecule has 11 heteroatoms. The lowest BCUT2D eigenvalue weighted by Crippen LogP contribution is -2.57. The number of rotatable bonds is 8. The van der Waals surface area contributed by atoms with Crippen LogP contribution in [0.15, 0.2) is 36.4 Å². The lowest BCUT2D eigenvalue weighted by atomic mass is 9.76. The molecule has 3 aliphatic rings. The third-order valence-corrected chi connectivity index (χ3v) is 10.9. The van der Waals surface area contributed by atoms with Crippen molar-refractivity contribution in [2.45, 2.75) is 89.0 Å². The van der Waals surface area contributed by atoms with Crippen molar-refractivity contribution in [3.05, 3.63) is 65.0 Å². The third-order valence-electron chi connectivity index (χ3n) is 8.97. The molecule has 3 aliphatic heterocycles. The minimum absolute atomic E-state index is 0.0140. The molecule has 0 saturated carbocycles. The van der Waals surface area contributed by atoms with Gasteiger partial charge in [0.2, 0.25) is 15.9 Å². The number of benzene rings is 2. The SMILES string of the molecule is CC1CC(C(CC(=O)Nc2ccc(F)c(F)c2CCC2CN[C@@H]3CCCS(=O)(=O)N2C3)c2ccc(F)cc2)CC(C)O1. The molecule has 7 nitrogen and oxygen atoms in total. The molecule has 3 fully saturated rings. The van der Waals surface area contributed by atoms with Crippen molar-refractivity contribution in [1.29, 1.82) is 0 Å². The zero-order valence-electron chi connectivity index (χ0n) is 24.1. The molecule has 0 aliphatic carbocycles. The fourth-order valence-corrected chi connectivity index (χ4v) is 8.77. The number of hydrogen-bond acceptors (Lipinski definition) is 5. The number of ether oxygens (including phenoxy) is 1. The number of fused-ring (bicyclic) bond motifs is 2. The zero-order valence-corrected chi connectivity index (χ0v) is 24.9. The summed E-state index contributed by atoms with van der Waals surface area (Å²) in [4.78, 5) is 13.5. The third kappa shape index (κ3) is 7.18. The van der Waals surface area contributed by atoms with Gasteiger partial charge in [0.1, 0.15) is 5.82 Å². The smallest absolute Gasteiger partial charge is 0.225 e. The van der Waals surface area contributed by atoms with E-state index in [1.165, 1.54) is 22.5 Å². The molecule has 1 amide bonds. The molecule has 5 rings (SSSR count). The first kappa shape index (κ1) is 31.0. The Kier molecular flexibility index (Phi) is 9.61. The van der Waals surface area contributed by atoms with Crippen LogP contribution in [-0.2, 0) is 26.0 Å². The Hall–Kier alpha value is -2.47. The van der Waals surface area contributed by atoms with Gasteiger partial charge >= 0.3 is 0 Å². The summed E-state index contributed by atoms with van der Waals surface area (Å²) >= 11 is 0. The highest BCUT2D eigenvalue weighted by atomic mass is 32.2. The van der Waals surface area contributed by atoms with Crippen molar-refractivity contribution in [2.24, 2.45) is 5.92 Å². The highest BCUT2D eigenvalue weighted by Gasteiger charge is 2.38. The number of halogens is 3. The van der Waals surface area contributed by atoms with Gasteiger partial charge in [-0.15, -0.1) is 0 Å². The van der Waals surface area contributed by atoms with Gasteiger partial charge in [-0.25, -0.2) is 21.6 Å². The number of piperazine rings is 1. The molecule has 2 aromatic rings. The van der Waals surface area contributed by atoms with E-state index in [9.17, 15) is 22.0 Å². The Morgan fingerprint density at radius 1 is 1.10 bits per heavy atom. The Morgan fingerprint density at radius 3 is 2.52 bits per heavy atom. The van der Waals surface area contributed by atoms with Crippen LogP contribution in [-0.4, -0.2) is 61.8 Å². The summed E-state index contributed by atoms with van der Waals surface area (Å²) in [6, 6.07) is 8.20. The van der Waals surface area contributed by atoms with Crippen LogP contribution in [0.2, 0.25) is 0 Å². The molecule has 2 aromatic carbocycles. The van der Waals surface area contributed by atoms with E-state index in [0.29, 0.717) is 19.5 Å². The lowest BCUT2D eigenvalue weighted by molar-refractivity contribution is -0.117. The minimum atomic E-state index is -3.43. The van der Waals surface area contributed by atoms with E-state index < -0.39 is 27.7 Å². The van der Waals surface area contributed by atoms with E-state index in [-0.39, 0.29) is 78.1 Å². The average Bonchev–Trinajstić information content (AvgIpc) is 3.05. The maximum absolute atomic E-state index is 15.2. The second kappa shape index (κ2) is 13.0. The van der Waals surface area contributed by atoms with Crippen LogP contribution in [0, 0.1) is 23.4 Å². The van der Waals surface area contributed by atoms with E-state index in [0.717, 1.165) is 30.9 Å². The summed E-state index contributed by atoms with van der Waals surface area (Å²) in [5.41, 5.74) is 1.03. The molecule has 0 spiro atoms. The van der Waals surface area contributed by atoms with Crippen LogP contribution in [0.3, 0.4) is 0 Å². The molecule has 0 radical (unpaired) electrons. The van der Waals surface area contributed by atoms with E-state index in [4.69, 9.17) is 4.74 Å². The Morgan fingerprint density at radius 2 is 1.81 bits per heavy atom. The minimum Gasteiger partial charge on any atom is -0.376 e. The molecule has 6 atom stereocenters. The molecule has 230 valence electrons. The molecule has 0 aromatic heterocycles. The number of sulfonamides is 1. The molecule has 2 bridgehead atoms. The molecule has 5 unspecified atom stereocenters. The van der Waals surface area contributed by atoms with Crippen molar-refractivity contribution >= 4 is 21.6 Å². The van der Waals surface area contributed by atoms with Gasteiger partial charge < -0.3 is 15.4 Å². The summed E-state index contributed by atoms with van der Waals surface area (Å²) in [5, 5.41) is 6.20. The topological polar surface area (TPSA) is 87.7 Å². The quantitative estimate of drug-likeness (QED) is 0.435. The summed E-state index contributed by atoms with van der Waals surface area (Å²) in [7, 11) is -3.43. The largest absolute Gasteiger partial charge is 0.376 e. The summed E-state index contributed by atoms with van der Waals surface area (Å²) < 4.78 is 76.4. The van der Waals surface area contributed by atoms with Crippen molar-refractivity contribution in [3.8, 4) is 0 Å². The van der Waals surface area contributed by atoms with Crippen molar-refractivity contribution in [3.63, 3.8) is 0 Å². The van der Waals surface area contributed by atoms with Crippen LogP contribution >= 0.6 is 0 Å². The monoisotopic (exact) mass is 607 g/mol. The van der Waals surface area contributed by atoms with Crippen LogP contribution in [0.5, 0.6) is 0 Å². The second-order valence-corrected chi connectivity index (χ2v) is 14.2. The number of amides is 1. The first-order valence-electron chi connectivity index (χ1n) is 14.9. The second-order valence-electron chi connectivity index (χ2n) is 12.1. The average molecular weight is 608 g/mol. The summed E-state index contributed by atoms with van der Waals surface area (Å²) in [6.45, 7) is 4.80. The highest BCUT2D eigenvalue weighted by Crippen LogP contribution is 2.39. The van der Waals surface area contributed by atoms with Crippen molar-refractivity contribution in [2.75, 3.05) is 24.2 Å². The number of hydrogen-bond donors (Lipinski definition) is 2. The summed E-state index contributed by atoms with van der Waals surface area (Å²) in [6.07, 6.45) is 3.28. The number of anilines is 1. The van der Waals surface area contributed by atoms with E-state index in [1.807, 2.05) is 13.8 Å². The first-order chi connectivity index (χ1) is 20.0. The number of carbonyl (C=O) groups excluding carboxylic acids is 1. The van der Waals surface area contributed by atoms with Crippen molar-refractivity contribution in [1.82, 2.24) is 9.62 Å². The predicted molar refractivity (Wildman–Crippen MR) is 155 cm³/mol. The Labute approximate surface area is 246 Å². The zero-order chi connectivity index (χ0) is 30.0. The molecule has 3 saturated heterocycles. The van der Waals surface area contributed by atoms with Gasteiger partial charge in [-0.3, -0.25) is 4.79 Å². The molecular weight excluding hydrogens is 567 g/mol. The lowest BCUT2D eigenvalue weighted by Gasteiger charge is -2.37. The van der Waals surface area contributed by atoms with Gasteiger partial charge in [-0.05, 0) is 94.0 Å². The highest BCUT2D eigenvalue weighted by molar-refractivity contribution is 7.89. The van der Waals surface area contributed by atoms with E-state index >= 15 is 4.39 Å². The van der Waals surface area contributed by atoms with Crippen LogP contribution < -0.4 is 10.6 Å². The Bertz CT molecular complexity index is 1360. The Balaban J connectivity index is 1.33. The standard InChI is InChI=1S/C31H40F3N3O4S/c1-19-14-22(15-20(2)41-19)27(21-5-7-23(32)8-6-21)16-30(38)36-29-12-11-28(33)31(34)26(29)10-9-25-17-35-24-4-3-13-42(39,40)37(25)18-24/h5-8,11-12,19-20,22,24-25,27,35H,3-4,9-10,13-18H2,1-2H3,(H,36,38)/t19?,20?,22?,24-,25?,27?/m1/s1. The van der Waals surface area contributed by atoms with E-state index in [1.54, 1.807) is 12.1 Å². The van der Waals surface area contributed by atoms with Gasteiger partial charge in [-0.1, -0.05) is 12.1 Å². The predicted octanol–water partition coefficient (Wildman–Crippen LogP) is 5.12. The van der Waals surface area contributed by atoms with Crippen molar-refractivity contribution < 1.29 is 31.1 Å². The molecule has 2 N–H and O–H groups in total.